The quantitative estimate of drug-likeness (QED) is 0.630. The first-order chi connectivity index (χ1) is 13.9. The summed E-state index contributed by atoms with van der Waals surface area (Å²) in [5.41, 5.74) is -0.107. The molecule has 4 amide bonds. The number of hydrogen-bond donors (Lipinski definition) is 2. The van der Waals surface area contributed by atoms with E-state index >= 15 is 0 Å². The summed E-state index contributed by atoms with van der Waals surface area (Å²) < 4.78 is 1.98. The van der Waals surface area contributed by atoms with Gasteiger partial charge in [-0.1, -0.05) is 19.3 Å². The molecule has 1 aromatic heterocycles. The second-order valence-corrected chi connectivity index (χ2v) is 7.61. The number of carbonyl (C=O) groups is 3. The van der Waals surface area contributed by atoms with Gasteiger partial charge in [0.05, 0.1) is 0 Å². The van der Waals surface area contributed by atoms with E-state index in [1.54, 1.807) is 0 Å². The Kier molecular flexibility index (Phi) is 4.49. The van der Waals surface area contributed by atoms with Gasteiger partial charge in [0.2, 0.25) is 0 Å². The molecule has 1 saturated carbocycles. The molecule has 4 rings (SSSR count). The maximum Gasteiger partial charge on any atom is 0.344 e. The molecule has 29 heavy (non-hydrogen) atoms. The van der Waals surface area contributed by atoms with Crippen LogP contribution in [0.15, 0.2) is 9.59 Å². The minimum absolute atomic E-state index is 0.161. The zero-order valence-corrected chi connectivity index (χ0v) is 15.7. The highest BCUT2D eigenvalue weighted by atomic mass is 16.2. The van der Waals surface area contributed by atoms with Crippen molar-refractivity contribution < 1.29 is 14.4 Å². The lowest BCUT2D eigenvalue weighted by Crippen LogP contribution is -2.52. The molecule has 3 aliphatic rings. The van der Waals surface area contributed by atoms with E-state index in [0.29, 0.717) is 47.5 Å². The summed E-state index contributed by atoms with van der Waals surface area (Å²) in [5.74, 6) is -1.41. The summed E-state index contributed by atoms with van der Waals surface area (Å²) in [4.78, 5) is 62.5. The first-order valence-corrected chi connectivity index (χ1v) is 9.61. The number of nitrogens with one attached hydrogen (secondary N) is 2. The van der Waals surface area contributed by atoms with Gasteiger partial charge in [0.25, 0.3) is 17.4 Å². The van der Waals surface area contributed by atoms with Crippen molar-refractivity contribution in [3.8, 4) is 6.07 Å². The Morgan fingerprint density at radius 3 is 2.55 bits per heavy atom. The third kappa shape index (κ3) is 2.91. The van der Waals surface area contributed by atoms with E-state index in [1.165, 1.54) is 4.57 Å². The van der Waals surface area contributed by atoms with Gasteiger partial charge in [-0.25, -0.2) is 14.2 Å². The topological polar surface area (TPSA) is 146 Å². The number of aromatic nitrogens is 2. The molecule has 0 atom stereocenters. The summed E-state index contributed by atoms with van der Waals surface area (Å²) in [7, 11) is 0. The highest BCUT2D eigenvalue weighted by Crippen LogP contribution is 2.32. The van der Waals surface area contributed by atoms with E-state index in [1.807, 2.05) is 6.07 Å². The minimum atomic E-state index is -0.999. The van der Waals surface area contributed by atoms with Gasteiger partial charge in [0, 0.05) is 12.2 Å². The second-order valence-electron chi connectivity index (χ2n) is 7.61. The zero-order valence-electron chi connectivity index (χ0n) is 15.7. The minimum Gasteiger partial charge on any atom is -0.322 e. The van der Waals surface area contributed by atoms with Crippen LogP contribution in [0.3, 0.4) is 0 Å². The molecule has 11 nitrogen and oxygen atoms in total. The van der Waals surface area contributed by atoms with Crippen molar-refractivity contribution in [2.24, 2.45) is 0 Å². The predicted octanol–water partition coefficient (Wildman–Crippen LogP) is -0.886. The molecule has 2 fully saturated rings. The van der Waals surface area contributed by atoms with Gasteiger partial charge in [-0.15, -0.1) is 0 Å². The van der Waals surface area contributed by atoms with Crippen LogP contribution in [-0.2, 0) is 29.1 Å². The van der Waals surface area contributed by atoms with Crippen LogP contribution in [0.2, 0.25) is 0 Å². The molecule has 2 N–H and O–H groups in total. The van der Waals surface area contributed by atoms with Crippen molar-refractivity contribution in [2.45, 2.75) is 63.6 Å². The molecule has 1 aliphatic carbocycles. The van der Waals surface area contributed by atoms with Crippen molar-refractivity contribution in [1.29, 1.82) is 5.26 Å². The molecular weight excluding hydrogens is 380 g/mol. The number of hydrogen-bond acceptors (Lipinski definition) is 6. The summed E-state index contributed by atoms with van der Waals surface area (Å²) >= 11 is 0. The molecular formula is C18H20N6O5. The molecule has 3 heterocycles. The van der Waals surface area contributed by atoms with Gasteiger partial charge in [-0.05, 0) is 25.7 Å². The predicted molar refractivity (Wildman–Crippen MR) is 97.3 cm³/mol. The number of rotatable bonds is 3. The van der Waals surface area contributed by atoms with Gasteiger partial charge in [-0.2, -0.15) is 10.3 Å². The monoisotopic (exact) mass is 400 g/mol. The molecule has 0 bridgehead atoms. The second kappa shape index (κ2) is 6.88. The van der Waals surface area contributed by atoms with Crippen LogP contribution < -0.4 is 22.0 Å². The highest BCUT2D eigenvalue weighted by molar-refractivity contribution is 6.07. The van der Waals surface area contributed by atoms with E-state index in [9.17, 15) is 29.2 Å². The van der Waals surface area contributed by atoms with Crippen molar-refractivity contribution >= 4 is 17.8 Å². The van der Waals surface area contributed by atoms with Crippen LogP contribution in [0.1, 0.15) is 49.8 Å². The van der Waals surface area contributed by atoms with Crippen LogP contribution in [0, 0.1) is 11.3 Å². The molecule has 11 heteroatoms. The maximum atomic E-state index is 12.7. The van der Waals surface area contributed by atoms with E-state index < -0.39 is 41.2 Å². The van der Waals surface area contributed by atoms with Gasteiger partial charge in [-0.3, -0.25) is 24.4 Å². The Hall–Kier alpha value is -3.42. The fraction of sp³-hybridized carbons (Fsp3) is 0.556. The first kappa shape index (κ1) is 18.9. The standard InChI is InChI=1S/C18H20N6O5/c19-9-11-12-5-4-8-22(12)17(29)23(14(11)26)10-13(25)21-24-15(27)18(20-16(24)28)6-2-1-3-7-18/h1-8,10H2,(H,20,28)(H,21,25). The lowest BCUT2D eigenvalue weighted by molar-refractivity contribution is -0.140. The smallest absolute Gasteiger partial charge is 0.322 e. The summed E-state index contributed by atoms with van der Waals surface area (Å²) in [5, 5.41) is 12.6. The van der Waals surface area contributed by atoms with Gasteiger partial charge in [0.1, 0.15) is 23.7 Å². The number of nitrogens with zero attached hydrogens (tertiary/aromatic N) is 4. The third-order valence-electron chi connectivity index (χ3n) is 5.85. The zero-order chi connectivity index (χ0) is 20.8. The normalized spacial score (nSPS) is 19.8. The van der Waals surface area contributed by atoms with Crippen molar-refractivity contribution in [2.75, 3.05) is 0 Å². The van der Waals surface area contributed by atoms with Crippen LogP contribution in [0.4, 0.5) is 4.79 Å². The highest BCUT2D eigenvalue weighted by Gasteiger charge is 2.52. The fourth-order valence-corrected chi connectivity index (χ4v) is 4.41. The average molecular weight is 400 g/mol. The number of urea groups is 1. The number of hydrazine groups is 1. The Morgan fingerprint density at radius 2 is 1.86 bits per heavy atom. The molecule has 152 valence electrons. The van der Waals surface area contributed by atoms with Gasteiger partial charge in [0.15, 0.2) is 0 Å². The lowest BCUT2D eigenvalue weighted by Gasteiger charge is -2.30. The van der Waals surface area contributed by atoms with Crippen LogP contribution in [0.25, 0.3) is 0 Å². The number of nitriles is 1. The Labute approximate surface area is 164 Å². The van der Waals surface area contributed by atoms with Gasteiger partial charge >= 0.3 is 11.7 Å². The third-order valence-corrected chi connectivity index (χ3v) is 5.85. The average Bonchev–Trinajstić information content (AvgIpc) is 3.26. The van der Waals surface area contributed by atoms with Crippen molar-refractivity contribution in [3.05, 3.63) is 32.1 Å². The number of amides is 4. The summed E-state index contributed by atoms with van der Waals surface area (Å²) in [6, 6.07) is 1.07. The fourth-order valence-electron chi connectivity index (χ4n) is 4.41. The van der Waals surface area contributed by atoms with Crippen LogP contribution in [0.5, 0.6) is 0 Å². The van der Waals surface area contributed by atoms with E-state index in [2.05, 4.69) is 10.7 Å². The maximum absolute atomic E-state index is 12.7. The summed E-state index contributed by atoms with van der Waals surface area (Å²) in [6.45, 7) is -0.336. The van der Waals surface area contributed by atoms with E-state index in [-0.39, 0.29) is 5.56 Å². The Bertz CT molecular complexity index is 1070. The van der Waals surface area contributed by atoms with E-state index in [0.717, 1.165) is 19.3 Å². The molecule has 1 aromatic rings. The molecule has 2 aliphatic heterocycles. The molecule has 1 spiro atoms. The largest absolute Gasteiger partial charge is 0.344 e. The number of fused-ring (bicyclic) bond motifs is 1. The number of carbonyl (C=O) groups excluding carboxylic acids is 3. The molecule has 0 radical (unpaired) electrons. The SMILES string of the molecule is N#Cc1c2n(c(=O)n(CC(=O)NN3C(=O)NC4(CCCCC4)C3=O)c1=O)CCC2. The summed E-state index contributed by atoms with van der Waals surface area (Å²) in [6.07, 6.45) is 4.65. The molecule has 1 saturated heterocycles. The molecule has 0 unspecified atom stereocenters. The number of imide groups is 1. The van der Waals surface area contributed by atoms with Crippen LogP contribution in [-0.4, -0.2) is 37.5 Å². The Morgan fingerprint density at radius 1 is 1.14 bits per heavy atom. The lowest BCUT2D eigenvalue weighted by atomic mass is 9.82. The van der Waals surface area contributed by atoms with Crippen molar-refractivity contribution in [1.82, 2.24) is 24.9 Å². The first-order valence-electron chi connectivity index (χ1n) is 9.61. The van der Waals surface area contributed by atoms with Crippen LogP contribution >= 0.6 is 0 Å². The van der Waals surface area contributed by atoms with Gasteiger partial charge < -0.3 is 5.32 Å². The van der Waals surface area contributed by atoms with E-state index in [4.69, 9.17) is 0 Å². The Balaban J connectivity index is 1.56. The van der Waals surface area contributed by atoms with Crippen molar-refractivity contribution in [3.63, 3.8) is 0 Å². The molecule has 0 aromatic carbocycles.